The van der Waals surface area contributed by atoms with E-state index < -0.39 is 0 Å². The summed E-state index contributed by atoms with van der Waals surface area (Å²) in [7, 11) is 0. The quantitative estimate of drug-likeness (QED) is 0.707. The predicted octanol–water partition coefficient (Wildman–Crippen LogP) is 5.65. The van der Waals surface area contributed by atoms with Gasteiger partial charge in [-0.1, -0.05) is 42.6 Å². The van der Waals surface area contributed by atoms with Gasteiger partial charge in [-0.25, -0.2) is 0 Å². The Bertz CT molecular complexity index is 462. The number of nitriles is 1. The van der Waals surface area contributed by atoms with E-state index in [0.29, 0.717) is 16.5 Å². The number of halogens is 2. The second kappa shape index (κ2) is 6.16. The summed E-state index contributed by atoms with van der Waals surface area (Å²) in [5.74, 6) is 0.781. The van der Waals surface area contributed by atoms with Crippen molar-refractivity contribution in [3.8, 4) is 6.07 Å². The fraction of sp³-hybridized carbons (Fsp3) is 0.562. The minimum atomic E-state index is -0.277. The molecule has 0 heterocycles. The highest BCUT2D eigenvalue weighted by Gasteiger charge is 2.36. The summed E-state index contributed by atoms with van der Waals surface area (Å²) in [6.07, 6.45) is 6.11. The third-order valence-electron chi connectivity index (χ3n) is 4.45. The summed E-state index contributed by atoms with van der Waals surface area (Å²) in [6.45, 7) is 2.23. The molecule has 1 fully saturated rings. The minimum Gasteiger partial charge on any atom is -0.198 e. The maximum atomic E-state index is 9.61. The third kappa shape index (κ3) is 3.25. The van der Waals surface area contributed by atoms with Crippen LogP contribution in [0.4, 0.5) is 0 Å². The van der Waals surface area contributed by atoms with Crippen LogP contribution in [-0.2, 0) is 6.42 Å². The van der Waals surface area contributed by atoms with Gasteiger partial charge >= 0.3 is 0 Å². The number of hydrogen-bond donors (Lipinski definition) is 0. The highest BCUT2D eigenvalue weighted by atomic mass is 35.5. The maximum Gasteiger partial charge on any atom is 0.0693 e. The van der Waals surface area contributed by atoms with Crippen LogP contribution in [0.2, 0.25) is 10.0 Å². The van der Waals surface area contributed by atoms with Gasteiger partial charge in [0.1, 0.15) is 0 Å². The van der Waals surface area contributed by atoms with Crippen LogP contribution in [0.25, 0.3) is 0 Å². The van der Waals surface area contributed by atoms with Crippen LogP contribution in [0, 0.1) is 22.7 Å². The Hall–Kier alpha value is -0.710. The Morgan fingerprint density at radius 1 is 1.26 bits per heavy atom. The Kier molecular flexibility index (Phi) is 4.76. The van der Waals surface area contributed by atoms with E-state index in [1.165, 1.54) is 6.42 Å². The standard InChI is InChI=1S/C16H19Cl2N/c1-2-12-6-8-16(11-19,9-7-12)10-13-14(17)4-3-5-15(13)18/h3-5,12H,2,6-10H2,1H3. The van der Waals surface area contributed by atoms with Crippen LogP contribution >= 0.6 is 23.2 Å². The molecule has 19 heavy (non-hydrogen) atoms. The normalized spacial score (nSPS) is 26.9. The predicted molar refractivity (Wildman–Crippen MR) is 80.5 cm³/mol. The van der Waals surface area contributed by atoms with E-state index in [4.69, 9.17) is 23.2 Å². The van der Waals surface area contributed by atoms with Crippen molar-refractivity contribution in [1.29, 1.82) is 5.26 Å². The van der Waals surface area contributed by atoms with Crippen LogP contribution in [0.5, 0.6) is 0 Å². The zero-order valence-corrected chi connectivity index (χ0v) is 12.8. The van der Waals surface area contributed by atoms with Gasteiger partial charge in [-0.3, -0.25) is 0 Å². The number of benzene rings is 1. The van der Waals surface area contributed by atoms with E-state index in [0.717, 1.165) is 37.2 Å². The molecule has 1 saturated carbocycles. The van der Waals surface area contributed by atoms with Crippen molar-refractivity contribution in [1.82, 2.24) is 0 Å². The van der Waals surface area contributed by atoms with Crippen LogP contribution < -0.4 is 0 Å². The Balaban J connectivity index is 2.19. The van der Waals surface area contributed by atoms with Gasteiger partial charge in [-0.2, -0.15) is 5.26 Å². The molecule has 1 aliphatic rings. The second-order valence-electron chi connectivity index (χ2n) is 5.62. The summed E-state index contributed by atoms with van der Waals surface area (Å²) >= 11 is 12.5. The maximum absolute atomic E-state index is 9.61. The molecule has 0 bridgehead atoms. The van der Waals surface area contributed by atoms with Crippen LogP contribution in [0.3, 0.4) is 0 Å². The van der Waals surface area contributed by atoms with E-state index in [1.54, 1.807) is 0 Å². The monoisotopic (exact) mass is 295 g/mol. The zero-order chi connectivity index (χ0) is 13.9. The van der Waals surface area contributed by atoms with Crippen molar-refractivity contribution in [2.75, 3.05) is 0 Å². The topological polar surface area (TPSA) is 23.8 Å². The van der Waals surface area contributed by atoms with Gasteiger partial charge < -0.3 is 0 Å². The molecule has 0 aromatic heterocycles. The first-order chi connectivity index (χ1) is 9.10. The summed E-state index contributed by atoms with van der Waals surface area (Å²) in [4.78, 5) is 0. The molecule has 2 rings (SSSR count). The highest BCUT2D eigenvalue weighted by molar-refractivity contribution is 6.36. The molecule has 1 aliphatic carbocycles. The van der Waals surface area contributed by atoms with Gasteiger partial charge in [-0.15, -0.1) is 0 Å². The van der Waals surface area contributed by atoms with Crippen molar-refractivity contribution in [3.63, 3.8) is 0 Å². The summed E-state index contributed by atoms with van der Waals surface area (Å²) in [5, 5.41) is 11.0. The largest absolute Gasteiger partial charge is 0.198 e. The molecule has 1 aromatic rings. The van der Waals surface area contributed by atoms with E-state index in [-0.39, 0.29) is 5.41 Å². The van der Waals surface area contributed by atoms with Gasteiger partial charge in [0.2, 0.25) is 0 Å². The van der Waals surface area contributed by atoms with Crippen molar-refractivity contribution in [3.05, 3.63) is 33.8 Å². The average Bonchev–Trinajstić information content (AvgIpc) is 2.44. The Morgan fingerprint density at radius 2 is 1.84 bits per heavy atom. The van der Waals surface area contributed by atoms with Crippen molar-refractivity contribution >= 4 is 23.2 Å². The molecular weight excluding hydrogens is 277 g/mol. The SMILES string of the molecule is CCC1CCC(C#N)(Cc2c(Cl)cccc2Cl)CC1. The van der Waals surface area contributed by atoms with Gasteiger partial charge in [0.15, 0.2) is 0 Å². The molecular formula is C16H19Cl2N. The molecule has 3 heteroatoms. The van der Waals surface area contributed by atoms with E-state index in [9.17, 15) is 5.26 Å². The third-order valence-corrected chi connectivity index (χ3v) is 5.16. The van der Waals surface area contributed by atoms with Gasteiger partial charge in [-0.05, 0) is 55.7 Å². The van der Waals surface area contributed by atoms with Crippen molar-refractivity contribution < 1.29 is 0 Å². The average molecular weight is 296 g/mol. The molecule has 0 saturated heterocycles. The number of hydrogen-bond acceptors (Lipinski definition) is 1. The second-order valence-corrected chi connectivity index (χ2v) is 6.44. The lowest BCUT2D eigenvalue weighted by molar-refractivity contribution is 0.205. The molecule has 0 spiro atoms. The summed E-state index contributed by atoms with van der Waals surface area (Å²) in [5.41, 5.74) is 0.655. The molecule has 0 N–H and O–H groups in total. The smallest absolute Gasteiger partial charge is 0.0693 e. The molecule has 0 atom stereocenters. The fourth-order valence-corrected chi connectivity index (χ4v) is 3.54. The van der Waals surface area contributed by atoms with Gasteiger partial charge in [0, 0.05) is 10.0 Å². The van der Waals surface area contributed by atoms with E-state index >= 15 is 0 Å². The van der Waals surface area contributed by atoms with E-state index in [2.05, 4.69) is 13.0 Å². The highest BCUT2D eigenvalue weighted by Crippen LogP contribution is 2.43. The molecule has 0 radical (unpaired) electrons. The molecule has 0 unspecified atom stereocenters. The lowest BCUT2D eigenvalue weighted by Gasteiger charge is -2.35. The van der Waals surface area contributed by atoms with Crippen LogP contribution in [-0.4, -0.2) is 0 Å². The Morgan fingerprint density at radius 3 is 2.32 bits per heavy atom. The first kappa shape index (κ1) is 14.7. The minimum absolute atomic E-state index is 0.277. The van der Waals surface area contributed by atoms with E-state index in [1.807, 2.05) is 18.2 Å². The summed E-state index contributed by atoms with van der Waals surface area (Å²) < 4.78 is 0. The molecule has 102 valence electrons. The lowest BCUT2D eigenvalue weighted by atomic mass is 9.68. The first-order valence-electron chi connectivity index (χ1n) is 6.94. The van der Waals surface area contributed by atoms with Crippen LogP contribution in [0.15, 0.2) is 18.2 Å². The zero-order valence-electron chi connectivity index (χ0n) is 11.3. The molecule has 0 amide bonds. The van der Waals surface area contributed by atoms with Crippen LogP contribution in [0.1, 0.15) is 44.6 Å². The number of rotatable bonds is 3. The van der Waals surface area contributed by atoms with Gasteiger partial charge in [0.05, 0.1) is 11.5 Å². The van der Waals surface area contributed by atoms with Crippen molar-refractivity contribution in [2.45, 2.75) is 45.4 Å². The molecule has 1 aromatic carbocycles. The molecule has 0 aliphatic heterocycles. The molecule has 1 nitrogen and oxygen atoms in total. The fourth-order valence-electron chi connectivity index (χ4n) is 3.01. The lowest BCUT2D eigenvalue weighted by Crippen LogP contribution is -2.28. The summed E-state index contributed by atoms with van der Waals surface area (Å²) in [6, 6.07) is 8.10. The Labute approximate surface area is 125 Å². The number of nitrogens with zero attached hydrogens (tertiary/aromatic N) is 1. The van der Waals surface area contributed by atoms with Crippen molar-refractivity contribution in [2.24, 2.45) is 11.3 Å². The first-order valence-corrected chi connectivity index (χ1v) is 7.70. The van der Waals surface area contributed by atoms with Gasteiger partial charge in [0.25, 0.3) is 0 Å².